The number of nitrogens with zero attached hydrogens (tertiary/aromatic N) is 1. The summed E-state index contributed by atoms with van der Waals surface area (Å²) < 4.78 is 0. The Kier molecular flexibility index (Phi) is 2.75. The van der Waals surface area contributed by atoms with Crippen molar-refractivity contribution in [2.45, 2.75) is 38.6 Å². The SMILES string of the molecule is CC1=C2N(C)Cc3cc(Cl)ccc3C2(C)CCC1=O. The number of hydrogen-bond donors (Lipinski definition) is 0. The predicted molar refractivity (Wildman–Crippen MR) is 77.2 cm³/mol. The lowest BCUT2D eigenvalue weighted by molar-refractivity contribution is -0.116. The van der Waals surface area contributed by atoms with Crippen molar-refractivity contribution in [1.29, 1.82) is 0 Å². The molecule has 1 heterocycles. The number of fused-ring (bicyclic) bond motifs is 3. The maximum absolute atomic E-state index is 12.0. The molecule has 19 heavy (non-hydrogen) atoms. The van der Waals surface area contributed by atoms with Gasteiger partial charge in [0.05, 0.1) is 0 Å². The zero-order chi connectivity index (χ0) is 13.8. The van der Waals surface area contributed by atoms with Gasteiger partial charge in [0.15, 0.2) is 5.78 Å². The highest BCUT2D eigenvalue weighted by molar-refractivity contribution is 6.30. The second-order valence-corrected chi connectivity index (χ2v) is 6.32. The van der Waals surface area contributed by atoms with Crippen molar-refractivity contribution in [2.24, 2.45) is 0 Å². The van der Waals surface area contributed by atoms with Gasteiger partial charge in [0.1, 0.15) is 0 Å². The standard InChI is InChI=1S/C16H18ClNO/c1-10-14(19)6-7-16(2)13-5-4-12(17)8-11(13)9-18(3)15(10)16/h4-5,8H,6-7,9H2,1-3H3. The molecule has 1 aliphatic heterocycles. The fraction of sp³-hybridized carbons (Fsp3) is 0.438. The minimum absolute atomic E-state index is 0.0507. The summed E-state index contributed by atoms with van der Waals surface area (Å²) in [5.41, 5.74) is 4.68. The minimum Gasteiger partial charge on any atom is -0.373 e. The van der Waals surface area contributed by atoms with E-state index in [1.165, 1.54) is 16.8 Å². The van der Waals surface area contributed by atoms with Gasteiger partial charge in [-0.2, -0.15) is 0 Å². The highest BCUT2D eigenvalue weighted by Gasteiger charge is 2.43. The second-order valence-electron chi connectivity index (χ2n) is 5.89. The fourth-order valence-corrected chi connectivity index (χ4v) is 3.95. The number of Topliss-reactive ketones (excluding diaryl/α,β-unsaturated/α-hetero) is 1. The molecule has 0 N–H and O–H groups in total. The summed E-state index contributed by atoms with van der Waals surface area (Å²) in [6.07, 6.45) is 1.53. The van der Waals surface area contributed by atoms with Gasteiger partial charge in [-0.25, -0.2) is 0 Å². The van der Waals surface area contributed by atoms with Crippen LogP contribution in [0.3, 0.4) is 0 Å². The van der Waals surface area contributed by atoms with Crippen LogP contribution in [0.1, 0.15) is 37.8 Å². The number of rotatable bonds is 0. The first kappa shape index (κ1) is 12.7. The van der Waals surface area contributed by atoms with Gasteiger partial charge in [-0.1, -0.05) is 17.7 Å². The zero-order valence-corrected chi connectivity index (χ0v) is 12.3. The molecule has 0 spiro atoms. The van der Waals surface area contributed by atoms with E-state index in [1.807, 2.05) is 13.0 Å². The van der Waals surface area contributed by atoms with Crippen LogP contribution in [0.25, 0.3) is 0 Å². The van der Waals surface area contributed by atoms with Gasteiger partial charge >= 0.3 is 0 Å². The molecule has 1 aromatic carbocycles. The Labute approximate surface area is 119 Å². The van der Waals surface area contributed by atoms with E-state index in [9.17, 15) is 4.79 Å². The summed E-state index contributed by atoms with van der Waals surface area (Å²) in [6.45, 7) is 5.04. The third-order valence-corrected chi connectivity index (χ3v) is 4.83. The molecule has 3 rings (SSSR count). The number of benzene rings is 1. The van der Waals surface area contributed by atoms with Crippen LogP contribution in [0, 0.1) is 0 Å². The maximum atomic E-state index is 12.0. The van der Waals surface area contributed by atoms with Crippen LogP contribution in [-0.2, 0) is 16.8 Å². The third kappa shape index (κ3) is 1.73. The summed E-state index contributed by atoms with van der Waals surface area (Å²) >= 11 is 6.11. The smallest absolute Gasteiger partial charge is 0.160 e. The van der Waals surface area contributed by atoms with E-state index in [4.69, 9.17) is 11.6 Å². The number of ketones is 1. The number of carbonyl (C=O) groups excluding carboxylic acids is 1. The Balaban J connectivity index is 2.26. The van der Waals surface area contributed by atoms with Crippen molar-refractivity contribution in [3.8, 4) is 0 Å². The van der Waals surface area contributed by atoms with Crippen LogP contribution < -0.4 is 0 Å². The van der Waals surface area contributed by atoms with E-state index in [0.29, 0.717) is 6.42 Å². The molecule has 1 aromatic rings. The summed E-state index contributed by atoms with van der Waals surface area (Å²) in [7, 11) is 2.07. The second kappa shape index (κ2) is 4.11. The Morgan fingerprint density at radius 1 is 1.37 bits per heavy atom. The molecule has 0 amide bonds. The fourth-order valence-electron chi connectivity index (χ4n) is 3.75. The van der Waals surface area contributed by atoms with Crippen LogP contribution in [0.5, 0.6) is 0 Å². The largest absolute Gasteiger partial charge is 0.373 e. The topological polar surface area (TPSA) is 20.3 Å². The molecule has 0 aromatic heterocycles. The molecule has 3 heteroatoms. The molecular weight excluding hydrogens is 258 g/mol. The van der Waals surface area contributed by atoms with E-state index in [2.05, 4.69) is 31.0 Å². The summed E-state index contributed by atoms with van der Waals surface area (Å²) in [5.74, 6) is 0.289. The Morgan fingerprint density at radius 2 is 2.11 bits per heavy atom. The van der Waals surface area contributed by atoms with Crippen molar-refractivity contribution in [3.63, 3.8) is 0 Å². The summed E-state index contributed by atoms with van der Waals surface area (Å²) in [6, 6.07) is 6.15. The first-order chi connectivity index (χ1) is 8.93. The quantitative estimate of drug-likeness (QED) is 0.720. The van der Waals surface area contributed by atoms with Gasteiger partial charge in [-0.05, 0) is 43.5 Å². The van der Waals surface area contributed by atoms with Crippen molar-refractivity contribution in [2.75, 3.05) is 7.05 Å². The van der Waals surface area contributed by atoms with E-state index in [-0.39, 0.29) is 11.2 Å². The third-order valence-electron chi connectivity index (χ3n) is 4.60. The summed E-state index contributed by atoms with van der Waals surface area (Å²) in [5, 5.41) is 0.784. The molecule has 1 aliphatic carbocycles. The average Bonchev–Trinajstić information content (AvgIpc) is 2.34. The highest BCUT2D eigenvalue weighted by atomic mass is 35.5. The van der Waals surface area contributed by atoms with Gasteiger partial charge in [0, 0.05) is 41.7 Å². The predicted octanol–water partition coefficient (Wildman–Crippen LogP) is 3.68. The Hall–Kier alpha value is -1.28. The van der Waals surface area contributed by atoms with E-state index in [0.717, 1.165) is 23.6 Å². The van der Waals surface area contributed by atoms with Crippen LogP contribution in [-0.4, -0.2) is 17.7 Å². The van der Waals surface area contributed by atoms with Crippen LogP contribution in [0.2, 0.25) is 5.02 Å². The van der Waals surface area contributed by atoms with Gasteiger partial charge in [0.2, 0.25) is 0 Å². The van der Waals surface area contributed by atoms with E-state index < -0.39 is 0 Å². The molecule has 0 saturated carbocycles. The van der Waals surface area contributed by atoms with Gasteiger partial charge in [-0.3, -0.25) is 4.79 Å². The van der Waals surface area contributed by atoms with Crippen molar-refractivity contribution < 1.29 is 4.79 Å². The molecule has 0 radical (unpaired) electrons. The van der Waals surface area contributed by atoms with E-state index in [1.54, 1.807) is 0 Å². The zero-order valence-electron chi connectivity index (χ0n) is 11.6. The molecule has 0 fully saturated rings. The molecule has 1 unspecified atom stereocenters. The lowest BCUT2D eigenvalue weighted by atomic mass is 9.66. The molecule has 100 valence electrons. The van der Waals surface area contributed by atoms with Crippen LogP contribution in [0.15, 0.2) is 29.5 Å². The first-order valence-electron chi connectivity index (χ1n) is 6.68. The number of hydrogen-bond acceptors (Lipinski definition) is 2. The van der Waals surface area contributed by atoms with Crippen LogP contribution >= 0.6 is 11.6 Å². The number of allylic oxidation sites excluding steroid dienone is 2. The number of halogens is 1. The average molecular weight is 276 g/mol. The Bertz CT molecular complexity index is 605. The number of carbonyl (C=O) groups is 1. The normalized spacial score (nSPS) is 26.3. The van der Waals surface area contributed by atoms with Crippen LogP contribution in [0.4, 0.5) is 0 Å². The summed E-state index contributed by atoms with van der Waals surface area (Å²) in [4.78, 5) is 14.2. The van der Waals surface area contributed by atoms with Crippen molar-refractivity contribution in [3.05, 3.63) is 45.6 Å². The van der Waals surface area contributed by atoms with Crippen molar-refractivity contribution in [1.82, 2.24) is 4.90 Å². The Morgan fingerprint density at radius 3 is 2.84 bits per heavy atom. The maximum Gasteiger partial charge on any atom is 0.160 e. The molecule has 2 nitrogen and oxygen atoms in total. The molecule has 1 atom stereocenters. The molecule has 0 bridgehead atoms. The highest BCUT2D eigenvalue weighted by Crippen LogP contribution is 2.48. The lowest BCUT2D eigenvalue weighted by Gasteiger charge is -2.47. The van der Waals surface area contributed by atoms with Crippen molar-refractivity contribution >= 4 is 17.4 Å². The number of likely N-dealkylation sites (N-methyl/N-ethyl adjacent to an activating group) is 1. The molecule has 2 aliphatic rings. The van der Waals surface area contributed by atoms with E-state index >= 15 is 0 Å². The first-order valence-corrected chi connectivity index (χ1v) is 7.06. The molecular formula is C16H18ClNO. The van der Waals surface area contributed by atoms with Gasteiger partial charge in [0.25, 0.3) is 0 Å². The van der Waals surface area contributed by atoms with Gasteiger partial charge in [-0.15, -0.1) is 0 Å². The molecule has 0 saturated heterocycles. The minimum atomic E-state index is -0.0507. The monoisotopic (exact) mass is 275 g/mol. The van der Waals surface area contributed by atoms with Gasteiger partial charge < -0.3 is 4.90 Å². The lowest BCUT2D eigenvalue weighted by Crippen LogP contribution is -2.44.